The summed E-state index contributed by atoms with van der Waals surface area (Å²) < 4.78 is 0. The lowest BCUT2D eigenvalue weighted by Crippen LogP contribution is -1.96. The molecular weight excluding hydrogens is 212 g/mol. The Morgan fingerprint density at radius 1 is 1.00 bits per heavy atom. The molecular formula is C15H13S. The molecule has 0 bridgehead atoms. The molecule has 1 aromatic carbocycles. The van der Waals surface area contributed by atoms with Crippen LogP contribution in [-0.2, 0) is 0 Å². The molecule has 0 saturated heterocycles. The van der Waals surface area contributed by atoms with Gasteiger partial charge < -0.3 is 0 Å². The average Bonchev–Trinajstić information content (AvgIpc) is 2.85. The van der Waals surface area contributed by atoms with E-state index in [0.717, 1.165) is 0 Å². The van der Waals surface area contributed by atoms with E-state index in [1.54, 1.807) is 0 Å². The van der Waals surface area contributed by atoms with Crippen LogP contribution in [0, 0.1) is 19.8 Å². The number of thiophene rings is 1. The van der Waals surface area contributed by atoms with Gasteiger partial charge >= 0.3 is 0 Å². The lowest BCUT2D eigenvalue weighted by Gasteiger charge is -2.09. The van der Waals surface area contributed by atoms with Crippen LogP contribution in [0.15, 0.2) is 35.7 Å². The quantitative estimate of drug-likeness (QED) is 0.676. The maximum Gasteiger partial charge on any atom is 0.0668 e. The average molecular weight is 225 g/mol. The number of benzene rings is 1. The summed E-state index contributed by atoms with van der Waals surface area (Å²) in [5.74, 6) is 1.38. The van der Waals surface area contributed by atoms with Crippen LogP contribution in [0.25, 0.3) is 6.08 Å². The maximum absolute atomic E-state index is 2.24. The van der Waals surface area contributed by atoms with Crippen LogP contribution in [0.1, 0.15) is 27.1 Å². The highest BCUT2D eigenvalue weighted by Gasteiger charge is 2.22. The highest BCUT2D eigenvalue weighted by atomic mass is 32.1. The molecule has 0 aliphatic heterocycles. The molecule has 0 spiro atoms. The van der Waals surface area contributed by atoms with E-state index in [4.69, 9.17) is 0 Å². The SMILES string of the molecule is Cc1csc([C]2C=Cc3ccccc32)c1C. The van der Waals surface area contributed by atoms with Crippen LogP contribution >= 0.6 is 11.3 Å². The number of hydrogen-bond acceptors (Lipinski definition) is 1. The van der Waals surface area contributed by atoms with Crippen molar-refractivity contribution >= 4 is 17.4 Å². The predicted molar refractivity (Wildman–Crippen MR) is 70.7 cm³/mol. The summed E-state index contributed by atoms with van der Waals surface area (Å²) in [6, 6.07) is 8.59. The van der Waals surface area contributed by atoms with E-state index in [2.05, 4.69) is 55.6 Å². The van der Waals surface area contributed by atoms with E-state index >= 15 is 0 Å². The van der Waals surface area contributed by atoms with Gasteiger partial charge in [-0.05, 0) is 41.5 Å². The van der Waals surface area contributed by atoms with Crippen LogP contribution in [0.3, 0.4) is 0 Å². The molecule has 16 heavy (non-hydrogen) atoms. The number of aryl methyl sites for hydroxylation is 1. The van der Waals surface area contributed by atoms with Crippen molar-refractivity contribution < 1.29 is 0 Å². The molecule has 1 aromatic heterocycles. The van der Waals surface area contributed by atoms with Gasteiger partial charge in [-0.25, -0.2) is 0 Å². The Bertz CT molecular complexity index is 561. The van der Waals surface area contributed by atoms with E-state index < -0.39 is 0 Å². The largest absolute Gasteiger partial charge is 0.147 e. The number of allylic oxidation sites excluding steroid dienone is 1. The molecule has 0 nitrogen and oxygen atoms in total. The number of fused-ring (bicyclic) bond motifs is 1. The fourth-order valence-corrected chi connectivity index (χ4v) is 3.23. The molecule has 1 heterocycles. The van der Waals surface area contributed by atoms with Crippen LogP contribution in [-0.4, -0.2) is 0 Å². The van der Waals surface area contributed by atoms with E-state index in [1.165, 1.54) is 33.0 Å². The summed E-state index contributed by atoms with van der Waals surface area (Å²) in [6.07, 6.45) is 4.45. The molecule has 1 heteroatoms. The standard InChI is InChI=1S/C15H13S/c1-10-9-16-15(11(10)2)14-8-7-12-5-3-4-6-13(12)14/h3-9H,1-2H3. The molecule has 1 radical (unpaired) electrons. The van der Waals surface area contributed by atoms with Gasteiger partial charge in [0.1, 0.15) is 0 Å². The van der Waals surface area contributed by atoms with Crippen LogP contribution < -0.4 is 0 Å². The van der Waals surface area contributed by atoms with Crippen LogP contribution in [0.2, 0.25) is 0 Å². The third kappa shape index (κ3) is 1.35. The Morgan fingerprint density at radius 3 is 2.56 bits per heavy atom. The smallest absolute Gasteiger partial charge is 0.0668 e. The Hall–Kier alpha value is -1.34. The van der Waals surface area contributed by atoms with Gasteiger partial charge in [-0.1, -0.05) is 36.4 Å². The Morgan fingerprint density at radius 2 is 1.81 bits per heavy atom. The summed E-state index contributed by atoms with van der Waals surface area (Å²) in [5, 5.41) is 2.24. The first-order valence-corrected chi connectivity index (χ1v) is 6.35. The van der Waals surface area contributed by atoms with E-state index in [0.29, 0.717) is 0 Å². The second kappa shape index (κ2) is 3.60. The molecule has 0 unspecified atom stereocenters. The van der Waals surface area contributed by atoms with Gasteiger partial charge in [0.15, 0.2) is 0 Å². The van der Waals surface area contributed by atoms with Gasteiger partial charge in [-0.15, -0.1) is 11.3 Å². The fourth-order valence-electron chi connectivity index (χ4n) is 2.12. The predicted octanol–water partition coefficient (Wildman–Crippen LogP) is 4.36. The molecule has 2 aromatic rings. The molecule has 3 rings (SSSR count). The minimum atomic E-state index is 1.34. The Kier molecular flexibility index (Phi) is 2.22. The van der Waals surface area contributed by atoms with Crippen LogP contribution in [0.4, 0.5) is 0 Å². The monoisotopic (exact) mass is 225 g/mol. The minimum absolute atomic E-state index is 1.34. The first kappa shape index (κ1) is 9.86. The molecule has 0 amide bonds. The molecule has 0 N–H and O–H groups in total. The molecule has 0 atom stereocenters. The summed E-state index contributed by atoms with van der Waals surface area (Å²) in [7, 11) is 0. The van der Waals surface area contributed by atoms with Crippen molar-refractivity contribution in [2.75, 3.05) is 0 Å². The molecule has 1 aliphatic carbocycles. The van der Waals surface area contributed by atoms with Gasteiger partial charge in [0.2, 0.25) is 0 Å². The molecule has 79 valence electrons. The highest BCUT2D eigenvalue weighted by Crippen LogP contribution is 2.39. The number of rotatable bonds is 1. The zero-order valence-corrected chi connectivity index (χ0v) is 10.3. The summed E-state index contributed by atoms with van der Waals surface area (Å²) >= 11 is 1.85. The van der Waals surface area contributed by atoms with Crippen molar-refractivity contribution in [1.29, 1.82) is 0 Å². The van der Waals surface area contributed by atoms with Crippen LogP contribution in [0.5, 0.6) is 0 Å². The van der Waals surface area contributed by atoms with Crippen molar-refractivity contribution in [1.82, 2.24) is 0 Å². The summed E-state index contributed by atoms with van der Waals surface area (Å²) in [5.41, 5.74) is 5.52. The zero-order chi connectivity index (χ0) is 11.1. The molecule has 0 fully saturated rings. The lowest BCUT2D eigenvalue weighted by molar-refractivity contribution is 1.29. The van der Waals surface area contributed by atoms with Gasteiger partial charge in [0, 0.05) is 4.88 Å². The zero-order valence-electron chi connectivity index (χ0n) is 9.45. The topological polar surface area (TPSA) is 0 Å². The lowest BCUT2D eigenvalue weighted by atomic mass is 9.96. The highest BCUT2D eigenvalue weighted by molar-refractivity contribution is 7.10. The van der Waals surface area contributed by atoms with Gasteiger partial charge in [-0.3, -0.25) is 0 Å². The van der Waals surface area contributed by atoms with Crippen molar-refractivity contribution in [3.63, 3.8) is 0 Å². The third-order valence-corrected chi connectivity index (χ3v) is 4.44. The first-order chi connectivity index (χ1) is 7.77. The van der Waals surface area contributed by atoms with Gasteiger partial charge in [-0.2, -0.15) is 0 Å². The van der Waals surface area contributed by atoms with Gasteiger partial charge in [0.05, 0.1) is 5.92 Å². The van der Waals surface area contributed by atoms with Gasteiger partial charge in [0.25, 0.3) is 0 Å². The summed E-state index contributed by atoms with van der Waals surface area (Å²) in [4.78, 5) is 1.42. The molecule has 1 aliphatic rings. The van der Waals surface area contributed by atoms with Crippen molar-refractivity contribution in [2.45, 2.75) is 13.8 Å². The normalized spacial score (nSPS) is 14.4. The second-order valence-corrected chi connectivity index (χ2v) is 5.09. The Labute approximate surface area is 100 Å². The van der Waals surface area contributed by atoms with E-state index in [1.807, 2.05) is 11.3 Å². The fraction of sp³-hybridized carbons (Fsp3) is 0.133. The second-order valence-electron chi connectivity index (χ2n) is 4.21. The third-order valence-electron chi connectivity index (χ3n) is 3.21. The molecule has 0 saturated carbocycles. The summed E-state index contributed by atoms with van der Waals surface area (Å²) in [6.45, 7) is 4.39. The number of hydrogen-bond donors (Lipinski definition) is 0. The van der Waals surface area contributed by atoms with E-state index in [9.17, 15) is 0 Å². The van der Waals surface area contributed by atoms with Crippen molar-refractivity contribution in [3.05, 3.63) is 68.8 Å². The maximum atomic E-state index is 2.24. The van der Waals surface area contributed by atoms with Crippen molar-refractivity contribution in [3.8, 4) is 0 Å². The first-order valence-electron chi connectivity index (χ1n) is 5.47. The minimum Gasteiger partial charge on any atom is -0.147 e. The van der Waals surface area contributed by atoms with E-state index in [-0.39, 0.29) is 0 Å². The Balaban J connectivity index is 2.12. The van der Waals surface area contributed by atoms with Crippen molar-refractivity contribution in [2.24, 2.45) is 0 Å².